The van der Waals surface area contributed by atoms with Crippen molar-refractivity contribution in [1.82, 2.24) is 20.1 Å². The fourth-order valence-electron chi connectivity index (χ4n) is 1.65. The summed E-state index contributed by atoms with van der Waals surface area (Å²) in [4.78, 5) is 25.0. The van der Waals surface area contributed by atoms with Gasteiger partial charge in [-0.3, -0.25) is 9.48 Å². The first-order valence-corrected chi connectivity index (χ1v) is 6.08. The second-order valence-electron chi connectivity index (χ2n) is 4.46. The molecule has 2 rings (SSSR count). The number of amides is 2. The van der Waals surface area contributed by atoms with E-state index in [1.54, 1.807) is 13.2 Å². The first-order chi connectivity index (χ1) is 10.3. The molecular weight excluding hydrogens is 303 g/mol. The number of carbonyl (C=O) groups excluding carboxylic acids is 1. The van der Waals surface area contributed by atoms with Crippen LogP contribution in [-0.4, -0.2) is 20.8 Å². The fourth-order valence-corrected chi connectivity index (χ4v) is 1.65. The predicted molar refractivity (Wildman–Crippen MR) is 71.1 cm³/mol. The Morgan fingerprint density at radius 2 is 2.18 bits per heavy atom. The lowest BCUT2D eigenvalue weighted by molar-refractivity contribution is -0.137. The molecule has 0 spiro atoms. The fraction of sp³-hybridized carbons (Fsp3) is 0.250. The van der Waals surface area contributed by atoms with Crippen LogP contribution in [0.1, 0.15) is 11.1 Å². The molecule has 0 saturated heterocycles. The van der Waals surface area contributed by atoms with Gasteiger partial charge in [0, 0.05) is 31.5 Å². The van der Waals surface area contributed by atoms with Gasteiger partial charge in [0.2, 0.25) is 0 Å². The van der Waals surface area contributed by atoms with Crippen LogP contribution in [-0.2, 0) is 19.8 Å². The number of pyridine rings is 1. The number of urea groups is 1. The monoisotopic (exact) mass is 315 g/mol. The van der Waals surface area contributed by atoms with Gasteiger partial charge >= 0.3 is 12.2 Å². The highest BCUT2D eigenvalue weighted by Gasteiger charge is 2.31. The Kier molecular flexibility index (Phi) is 4.20. The van der Waals surface area contributed by atoms with Crippen molar-refractivity contribution in [3.63, 3.8) is 0 Å². The number of nitrogens with zero attached hydrogens (tertiary/aromatic N) is 2. The van der Waals surface area contributed by atoms with Crippen molar-refractivity contribution in [2.75, 3.05) is 5.32 Å². The van der Waals surface area contributed by atoms with Crippen LogP contribution >= 0.6 is 0 Å². The molecule has 0 fully saturated rings. The molecule has 7 nitrogen and oxygen atoms in total. The normalized spacial score (nSPS) is 11.3. The topological polar surface area (TPSA) is 91.8 Å². The Labute approximate surface area is 122 Å². The van der Waals surface area contributed by atoms with E-state index in [1.807, 2.05) is 4.98 Å². The van der Waals surface area contributed by atoms with Gasteiger partial charge in [-0.05, 0) is 6.07 Å². The molecular formula is C12H12F3N5O2. The van der Waals surface area contributed by atoms with E-state index in [-0.39, 0.29) is 6.54 Å². The van der Waals surface area contributed by atoms with Crippen molar-refractivity contribution in [2.45, 2.75) is 12.7 Å². The largest absolute Gasteiger partial charge is 0.417 e. The number of halogens is 3. The summed E-state index contributed by atoms with van der Waals surface area (Å²) in [6.07, 6.45) is -0.886. The van der Waals surface area contributed by atoms with Gasteiger partial charge in [-0.1, -0.05) is 0 Å². The minimum absolute atomic E-state index is 0.122. The highest BCUT2D eigenvalue weighted by Crippen LogP contribution is 2.29. The molecule has 0 aliphatic rings. The highest BCUT2D eigenvalue weighted by atomic mass is 19.4. The molecule has 0 aliphatic heterocycles. The van der Waals surface area contributed by atoms with Crippen molar-refractivity contribution < 1.29 is 18.0 Å². The van der Waals surface area contributed by atoms with Crippen LogP contribution in [0.5, 0.6) is 0 Å². The molecule has 10 heteroatoms. The summed E-state index contributed by atoms with van der Waals surface area (Å²) in [6.45, 7) is 0.122. The molecule has 2 aromatic rings. The Hall–Kier alpha value is -2.78. The summed E-state index contributed by atoms with van der Waals surface area (Å²) in [5.41, 5.74) is -1.67. The lowest BCUT2D eigenvalue weighted by Crippen LogP contribution is -2.31. The van der Waals surface area contributed by atoms with E-state index in [2.05, 4.69) is 15.7 Å². The first-order valence-electron chi connectivity index (χ1n) is 6.08. The number of carbonyl (C=O) groups is 1. The van der Waals surface area contributed by atoms with Crippen LogP contribution in [0.4, 0.5) is 23.7 Å². The summed E-state index contributed by atoms with van der Waals surface area (Å²) < 4.78 is 39.2. The number of nitrogens with one attached hydrogen (secondary N) is 3. The third-order valence-electron chi connectivity index (χ3n) is 2.69. The van der Waals surface area contributed by atoms with Crippen LogP contribution in [0.25, 0.3) is 0 Å². The van der Waals surface area contributed by atoms with E-state index in [0.29, 0.717) is 17.8 Å². The molecule has 2 heterocycles. The summed E-state index contributed by atoms with van der Waals surface area (Å²) in [7, 11) is 1.70. The maximum absolute atomic E-state index is 12.5. The molecule has 2 amide bonds. The molecule has 22 heavy (non-hydrogen) atoms. The molecule has 0 aliphatic carbocycles. The molecule has 0 saturated carbocycles. The third-order valence-corrected chi connectivity index (χ3v) is 2.69. The average Bonchev–Trinajstić information content (AvgIpc) is 2.83. The summed E-state index contributed by atoms with van der Waals surface area (Å²) in [5, 5.41) is 8.38. The van der Waals surface area contributed by atoms with Crippen molar-refractivity contribution in [3.8, 4) is 0 Å². The van der Waals surface area contributed by atoms with E-state index in [9.17, 15) is 22.8 Å². The van der Waals surface area contributed by atoms with Crippen LogP contribution < -0.4 is 16.2 Å². The molecule has 118 valence electrons. The van der Waals surface area contributed by atoms with Crippen LogP contribution in [0, 0.1) is 0 Å². The van der Waals surface area contributed by atoms with Gasteiger partial charge in [0.15, 0.2) is 0 Å². The minimum atomic E-state index is -4.62. The maximum atomic E-state index is 12.5. The smallest absolute Gasteiger partial charge is 0.334 e. The van der Waals surface area contributed by atoms with Crippen LogP contribution in [0.2, 0.25) is 0 Å². The van der Waals surface area contributed by atoms with E-state index in [1.165, 1.54) is 10.9 Å². The molecule has 0 unspecified atom stereocenters. The standard InChI is InChI=1S/C12H12F3N5O2/c1-20-6-7(4-18-20)3-17-11(22)19-9-2-8(12(13,14)15)5-16-10(9)21/h2,4-6H,3H2,1H3,(H,16,21)(H2,17,19,22). The van der Waals surface area contributed by atoms with Gasteiger partial charge in [0.05, 0.1) is 11.8 Å². The van der Waals surface area contributed by atoms with E-state index < -0.39 is 29.0 Å². The molecule has 0 atom stereocenters. The minimum Gasteiger partial charge on any atom is -0.334 e. The summed E-state index contributed by atoms with van der Waals surface area (Å²) in [5.74, 6) is 0. The zero-order chi connectivity index (χ0) is 16.3. The molecule has 3 N–H and O–H groups in total. The lowest BCUT2D eigenvalue weighted by atomic mass is 10.2. The number of hydrogen-bond acceptors (Lipinski definition) is 3. The number of hydrogen-bond donors (Lipinski definition) is 3. The average molecular weight is 315 g/mol. The second kappa shape index (κ2) is 5.92. The lowest BCUT2D eigenvalue weighted by Gasteiger charge is -2.09. The van der Waals surface area contributed by atoms with Gasteiger partial charge in [0.25, 0.3) is 5.56 Å². The molecule has 2 aromatic heterocycles. The third kappa shape index (κ3) is 3.87. The van der Waals surface area contributed by atoms with Crippen LogP contribution in [0.15, 0.2) is 29.5 Å². The van der Waals surface area contributed by atoms with Crippen molar-refractivity contribution in [2.24, 2.45) is 7.05 Å². The van der Waals surface area contributed by atoms with Gasteiger partial charge in [-0.15, -0.1) is 0 Å². The number of aryl methyl sites for hydroxylation is 1. The summed E-state index contributed by atoms with van der Waals surface area (Å²) in [6, 6.07) is -0.226. The van der Waals surface area contributed by atoms with E-state index in [4.69, 9.17) is 0 Å². The van der Waals surface area contributed by atoms with Crippen molar-refractivity contribution in [3.05, 3.63) is 46.1 Å². The van der Waals surface area contributed by atoms with Gasteiger partial charge < -0.3 is 15.6 Å². The quantitative estimate of drug-likeness (QED) is 0.800. The van der Waals surface area contributed by atoms with Crippen molar-refractivity contribution >= 4 is 11.7 Å². The van der Waals surface area contributed by atoms with Gasteiger partial charge in [-0.2, -0.15) is 18.3 Å². The Morgan fingerprint density at radius 1 is 1.45 bits per heavy atom. The van der Waals surface area contributed by atoms with Gasteiger partial charge in [-0.25, -0.2) is 4.79 Å². The second-order valence-corrected chi connectivity index (χ2v) is 4.46. The summed E-state index contributed by atoms with van der Waals surface area (Å²) >= 11 is 0. The zero-order valence-electron chi connectivity index (χ0n) is 11.4. The van der Waals surface area contributed by atoms with E-state index in [0.717, 1.165) is 0 Å². The number of aromatic amines is 1. The SMILES string of the molecule is Cn1cc(CNC(=O)Nc2cc(C(F)(F)F)c[nH]c2=O)cn1. The Bertz CT molecular complexity index is 735. The zero-order valence-corrected chi connectivity index (χ0v) is 11.4. The number of H-pyrrole nitrogens is 1. The highest BCUT2D eigenvalue weighted by molar-refractivity contribution is 5.89. The van der Waals surface area contributed by atoms with E-state index >= 15 is 0 Å². The first kappa shape index (κ1) is 15.6. The van der Waals surface area contributed by atoms with Crippen molar-refractivity contribution in [1.29, 1.82) is 0 Å². The van der Waals surface area contributed by atoms with Gasteiger partial charge in [0.1, 0.15) is 5.69 Å². The number of aromatic nitrogens is 3. The molecule has 0 radical (unpaired) electrons. The Balaban J connectivity index is 2.03. The van der Waals surface area contributed by atoms with Crippen LogP contribution in [0.3, 0.4) is 0 Å². The Morgan fingerprint density at radius 3 is 2.77 bits per heavy atom. The molecule has 0 bridgehead atoms. The number of anilines is 1. The number of rotatable bonds is 3. The molecule has 0 aromatic carbocycles. The maximum Gasteiger partial charge on any atom is 0.417 e. The number of alkyl halides is 3. The predicted octanol–water partition coefficient (Wildman–Crippen LogP) is 1.45.